The highest BCUT2D eigenvalue weighted by Crippen LogP contribution is 2.46. The highest BCUT2D eigenvalue weighted by molar-refractivity contribution is 6.33. The van der Waals surface area contributed by atoms with Crippen LogP contribution in [0.1, 0.15) is 91.8 Å². The maximum absolute atomic E-state index is 14.6. The van der Waals surface area contributed by atoms with Crippen LogP contribution in [-0.2, 0) is 40.9 Å². The van der Waals surface area contributed by atoms with Gasteiger partial charge in [-0.15, -0.1) is 10.2 Å². The molecule has 0 aliphatic carbocycles. The number of carbonyl (C=O) groups is 3. The molecule has 0 saturated carbocycles. The van der Waals surface area contributed by atoms with Crippen LogP contribution in [0.2, 0.25) is 5.02 Å². The Balaban J connectivity index is 1.47. The first kappa shape index (κ1) is 42.1. The second-order valence-electron chi connectivity index (χ2n) is 15.4. The number of H-pyrrole nitrogens is 1. The van der Waals surface area contributed by atoms with Crippen molar-refractivity contribution in [1.82, 2.24) is 35.7 Å². The van der Waals surface area contributed by atoms with Gasteiger partial charge < -0.3 is 29.7 Å². The van der Waals surface area contributed by atoms with Gasteiger partial charge in [-0.05, 0) is 99.2 Å². The number of benzene rings is 3. The number of nitrogens with one attached hydrogen (secondary N) is 2. The van der Waals surface area contributed by atoms with Crippen LogP contribution < -0.4 is 5.32 Å². The number of aromatic nitrogens is 4. The predicted octanol–water partition coefficient (Wildman–Crippen LogP) is 7.11. The summed E-state index contributed by atoms with van der Waals surface area (Å²) in [6.07, 6.45) is 2.87. The number of aliphatic hydroxyl groups is 1. The smallest absolute Gasteiger partial charge is 0.410 e. The van der Waals surface area contributed by atoms with E-state index in [0.29, 0.717) is 80.1 Å². The molecule has 4 aromatic rings. The fourth-order valence-electron chi connectivity index (χ4n) is 7.40. The Morgan fingerprint density at radius 2 is 1.86 bits per heavy atom. The number of piperidine rings is 1. The summed E-state index contributed by atoms with van der Waals surface area (Å²) in [5, 5.41) is 30.7. The van der Waals surface area contributed by atoms with Crippen LogP contribution in [0, 0.1) is 5.92 Å². The molecule has 2 atom stereocenters. The van der Waals surface area contributed by atoms with Gasteiger partial charge in [0, 0.05) is 61.7 Å². The third-order valence-corrected chi connectivity index (χ3v) is 10.5. The summed E-state index contributed by atoms with van der Waals surface area (Å²) in [6, 6.07) is 19.4. The molecule has 5 rings (SSSR count). The zero-order valence-electron chi connectivity index (χ0n) is 33.2. The molecule has 13 nitrogen and oxygen atoms in total. The van der Waals surface area contributed by atoms with Gasteiger partial charge in [0.05, 0.1) is 12.7 Å². The van der Waals surface area contributed by atoms with Crippen molar-refractivity contribution in [3.05, 3.63) is 99.3 Å². The van der Waals surface area contributed by atoms with E-state index in [-0.39, 0.29) is 18.4 Å². The lowest BCUT2D eigenvalue weighted by molar-refractivity contribution is -0.0563. The number of ether oxygens (including phenoxy) is 2. The number of aromatic amines is 1. The van der Waals surface area contributed by atoms with E-state index in [4.69, 9.17) is 21.1 Å². The lowest BCUT2D eigenvalue weighted by atomic mass is 9.72. The number of methoxy groups -OCH3 is 1. The van der Waals surface area contributed by atoms with Crippen molar-refractivity contribution in [3.63, 3.8) is 0 Å². The SMILES string of the molecule is CCc1cccc(-c2c(Cl)cccc2C(O)(CCCNC(=O)OC)[C@@H]2CCCN(C(=O)c3ccc(CN(C)C(=O)OC(C)(C)C)cc3CCc3nn[nH]n3)C2)c1. The van der Waals surface area contributed by atoms with E-state index in [1.165, 1.54) is 12.0 Å². The normalized spacial score (nSPS) is 15.5. The van der Waals surface area contributed by atoms with Crippen LogP contribution in [0.5, 0.6) is 0 Å². The summed E-state index contributed by atoms with van der Waals surface area (Å²) >= 11 is 6.97. The first-order valence-corrected chi connectivity index (χ1v) is 19.6. The highest BCUT2D eigenvalue weighted by atomic mass is 35.5. The third-order valence-electron chi connectivity index (χ3n) is 10.2. The lowest BCUT2D eigenvalue weighted by Crippen LogP contribution is -2.48. The molecule has 0 radical (unpaired) electrons. The van der Waals surface area contributed by atoms with Crippen LogP contribution in [0.3, 0.4) is 0 Å². The first-order chi connectivity index (χ1) is 26.7. The minimum Gasteiger partial charge on any atom is -0.453 e. The third kappa shape index (κ3) is 10.6. The van der Waals surface area contributed by atoms with E-state index in [0.717, 1.165) is 34.2 Å². The predicted molar refractivity (Wildman–Crippen MR) is 214 cm³/mol. The van der Waals surface area contributed by atoms with Gasteiger partial charge in [0.1, 0.15) is 5.60 Å². The Hall–Kier alpha value is -5.01. The molecule has 1 fully saturated rings. The van der Waals surface area contributed by atoms with Crippen LogP contribution in [0.15, 0.2) is 60.7 Å². The Morgan fingerprint density at radius 1 is 1.07 bits per heavy atom. The number of alkyl carbamates (subject to hydrolysis) is 1. The number of aryl methyl sites for hydroxylation is 3. The zero-order valence-corrected chi connectivity index (χ0v) is 34.0. The van der Waals surface area contributed by atoms with Crippen LogP contribution in [-0.4, -0.2) is 93.0 Å². The number of amides is 3. The van der Waals surface area contributed by atoms with Gasteiger partial charge in [0.25, 0.3) is 5.91 Å². The molecule has 2 heterocycles. The van der Waals surface area contributed by atoms with E-state index in [1.54, 1.807) is 7.05 Å². The molecule has 1 saturated heterocycles. The van der Waals surface area contributed by atoms with Crippen molar-refractivity contribution in [1.29, 1.82) is 0 Å². The largest absolute Gasteiger partial charge is 0.453 e. The Bertz CT molecular complexity index is 1970. The number of halogens is 1. The molecule has 1 aliphatic heterocycles. The number of carbonyl (C=O) groups excluding carboxylic acids is 3. The molecule has 14 heteroatoms. The van der Waals surface area contributed by atoms with Crippen molar-refractivity contribution in [2.24, 2.45) is 5.92 Å². The Labute approximate surface area is 334 Å². The standard InChI is InChI=1S/C42H54ClN7O6/c1-7-28-12-8-13-31(24-28)37-34(15-9-16-35(37)43)42(54,21-11-22-44-39(52)55-6)32-14-10-23-50(27-32)38(51)33-19-17-29(26-49(5)40(53)56-41(2,3)4)25-30(33)18-20-36-45-47-48-46-36/h8-9,12-13,15-17,19,24-25,32,54H,7,10-11,14,18,20-23,26-27H2,1-6H3,(H,44,52)(H,45,46,47,48)/t32-,42?/m1/s1. The molecule has 0 spiro atoms. The molecule has 0 bridgehead atoms. The molecular formula is C42H54ClN7O6. The minimum absolute atomic E-state index is 0.151. The van der Waals surface area contributed by atoms with Gasteiger partial charge in [-0.2, -0.15) is 5.21 Å². The maximum Gasteiger partial charge on any atom is 0.410 e. The number of hydrogen-bond donors (Lipinski definition) is 3. The summed E-state index contributed by atoms with van der Waals surface area (Å²) in [5.41, 5.74) is 3.61. The van der Waals surface area contributed by atoms with Crippen LogP contribution in [0.25, 0.3) is 11.1 Å². The van der Waals surface area contributed by atoms with Crippen molar-refractivity contribution in [3.8, 4) is 11.1 Å². The van der Waals surface area contributed by atoms with Crippen LogP contribution >= 0.6 is 11.6 Å². The summed E-state index contributed by atoms with van der Waals surface area (Å²) in [5.74, 6) is 0.0160. The summed E-state index contributed by atoms with van der Waals surface area (Å²) < 4.78 is 10.3. The zero-order chi connectivity index (χ0) is 40.5. The van der Waals surface area contributed by atoms with Gasteiger partial charge in [-0.25, -0.2) is 9.59 Å². The van der Waals surface area contributed by atoms with Crippen molar-refractivity contribution >= 4 is 29.7 Å². The van der Waals surface area contributed by atoms with E-state index >= 15 is 0 Å². The average molecular weight is 788 g/mol. The number of tetrazole rings is 1. The van der Waals surface area contributed by atoms with Crippen molar-refractivity contribution in [2.45, 2.75) is 90.4 Å². The molecule has 3 N–H and O–H groups in total. The fraction of sp³-hybridized carbons (Fsp3) is 0.476. The summed E-state index contributed by atoms with van der Waals surface area (Å²) in [7, 11) is 2.99. The molecule has 3 amide bonds. The molecule has 1 aliphatic rings. The minimum atomic E-state index is -1.41. The summed E-state index contributed by atoms with van der Waals surface area (Å²) in [4.78, 5) is 42.6. The molecule has 3 aromatic carbocycles. The van der Waals surface area contributed by atoms with Gasteiger partial charge in [0.15, 0.2) is 5.82 Å². The quantitative estimate of drug-likeness (QED) is 0.113. The molecule has 1 unspecified atom stereocenters. The molecular weight excluding hydrogens is 734 g/mol. The highest BCUT2D eigenvalue weighted by Gasteiger charge is 2.43. The molecule has 1 aromatic heterocycles. The van der Waals surface area contributed by atoms with Crippen LogP contribution in [0.4, 0.5) is 9.59 Å². The van der Waals surface area contributed by atoms with Crippen molar-refractivity contribution in [2.75, 3.05) is 33.8 Å². The van der Waals surface area contributed by atoms with Gasteiger partial charge in [-0.3, -0.25) is 4.79 Å². The Morgan fingerprint density at radius 3 is 2.57 bits per heavy atom. The molecule has 56 heavy (non-hydrogen) atoms. The fourth-order valence-corrected chi connectivity index (χ4v) is 7.68. The molecule has 300 valence electrons. The lowest BCUT2D eigenvalue weighted by Gasteiger charge is -2.44. The first-order valence-electron chi connectivity index (χ1n) is 19.2. The monoisotopic (exact) mass is 787 g/mol. The maximum atomic E-state index is 14.6. The van der Waals surface area contributed by atoms with Gasteiger partial charge in [-0.1, -0.05) is 72.3 Å². The number of likely N-dealkylation sites (tertiary alicyclic amines) is 1. The number of hydrogen-bond acceptors (Lipinski definition) is 9. The second kappa shape index (κ2) is 18.8. The number of nitrogens with zero attached hydrogens (tertiary/aromatic N) is 5. The second-order valence-corrected chi connectivity index (χ2v) is 15.8. The van der Waals surface area contributed by atoms with Crippen molar-refractivity contribution < 1.29 is 29.0 Å². The van der Waals surface area contributed by atoms with E-state index < -0.39 is 23.4 Å². The Kier molecular flexibility index (Phi) is 14.1. The average Bonchev–Trinajstić information content (AvgIpc) is 3.71. The van der Waals surface area contributed by atoms with Gasteiger partial charge in [0.2, 0.25) is 0 Å². The number of rotatable bonds is 14. The van der Waals surface area contributed by atoms with Gasteiger partial charge >= 0.3 is 12.2 Å². The summed E-state index contributed by atoms with van der Waals surface area (Å²) in [6.45, 7) is 8.96. The van der Waals surface area contributed by atoms with E-state index in [9.17, 15) is 19.5 Å². The van der Waals surface area contributed by atoms with E-state index in [1.807, 2.05) is 74.2 Å². The van der Waals surface area contributed by atoms with E-state index in [2.05, 4.69) is 45.0 Å². The topological polar surface area (TPSA) is 163 Å².